The van der Waals surface area contributed by atoms with Gasteiger partial charge in [0.2, 0.25) is 0 Å². The van der Waals surface area contributed by atoms with E-state index in [2.05, 4.69) is 9.98 Å². The Morgan fingerprint density at radius 3 is 1.45 bits per heavy atom. The summed E-state index contributed by atoms with van der Waals surface area (Å²) in [6.07, 6.45) is 3.24. The fourth-order valence-corrected chi connectivity index (χ4v) is 3.24. The third-order valence-electron chi connectivity index (χ3n) is 4.66. The van der Waals surface area contributed by atoms with Crippen LogP contribution in [0.25, 0.3) is 21.5 Å². The maximum absolute atomic E-state index is 12.1. The van der Waals surface area contributed by atoms with Gasteiger partial charge < -0.3 is 10.2 Å². The largest absolute Gasteiger partial charge is 2.00 e. The van der Waals surface area contributed by atoms with Gasteiger partial charge in [-0.15, -0.1) is 0 Å². The Balaban J connectivity index is 0.00000240. The van der Waals surface area contributed by atoms with Gasteiger partial charge in [0.05, 0.1) is 13.1 Å². The Labute approximate surface area is 179 Å². The van der Waals surface area contributed by atoms with Crippen molar-refractivity contribution in [2.45, 2.75) is 0 Å². The summed E-state index contributed by atoms with van der Waals surface area (Å²) < 4.78 is 0. The average Bonchev–Trinajstić information content (AvgIpc) is 2.73. The van der Waals surface area contributed by atoms with Crippen LogP contribution in [0.15, 0.2) is 82.8 Å². The van der Waals surface area contributed by atoms with Gasteiger partial charge in [-0.25, -0.2) is 0 Å². The number of hydrogen-bond donors (Lipinski definition) is 0. The molecule has 0 spiro atoms. The van der Waals surface area contributed by atoms with Crippen LogP contribution in [0.4, 0.5) is 0 Å². The van der Waals surface area contributed by atoms with Gasteiger partial charge in [0.15, 0.2) is 0 Å². The van der Waals surface area contributed by atoms with Crippen LogP contribution in [0.2, 0.25) is 0 Å². The van der Waals surface area contributed by atoms with E-state index in [0.29, 0.717) is 24.2 Å². The van der Waals surface area contributed by atoms with Gasteiger partial charge in [-0.05, 0) is 32.7 Å². The Hall–Kier alpha value is -3.15. The van der Waals surface area contributed by atoms with Gasteiger partial charge in [0.25, 0.3) is 0 Å². The minimum Gasteiger partial charge on any atom is -0.872 e. The molecule has 0 N–H and O–H groups in total. The van der Waals surface area contributed by atoms with Gasteiger partial charge in [-0.2, -0.15) is 0 Å². The summed E-state index contributed by atoms with van der Waals surface area (Å²) in [4.78, 5) is 8.70. The molecule has 0 aliphatic heterocycles. The molecule has 0 aromatic heterocycles. The van der Waals surface area contributed by atoms with Gasteiger partial charge in [0, 0.05) is 12.4 Å². The molecule has 0 fully saturated rings. The third-order valence-corrected chi connectivity index (χ3v) is 4.66. The molecule has 1 radical (unpaired) electrons. The average molecular weight is 425 g/mol. The number of fused-ring (bicyclic) bond motifs is 2. The standard InChI is InChI=1S/C24H20N2O2.Co/c27-23-11-9-17-5-1-3-7-19(17)21(23)15-25-13-14-26-16-22-20-8-4-2-6-18(20)10-12-24(22)28;/h1-12,15-16,27-28H,13-14H2;/q;+2/p-2. The van der Waals surface area contributed by atoms with Crippen LogP contribution in [0.3, 0.4) is 0 Å². The maximum Gasteiger partial charge on any atom is 2.00 e. The summed E-state index contributed by atoms with van der Waals surface area (Å²) in [5, 5.41) is 28.1. The van der Waals surface area contributed by atoms with Crippen molar-refractivity contribution in [2.24, 2.45) is 9.98 Å². The molecule has 29 heavy (non-hydrogen) atoms. The molecule has 0 saturated carbocycles. The minimum atomic E-state index is -0.0438. The first-order valence-electron chi connectivity index (χ1n) is 9.11. The van der Waals surface area contributed by atoms with E-state index in [0.717, 1.165) is 21.5 Å². The summed E-state index contributed by atoms with van der Waals surface area (Å²) in [6, 6.07) is 22.3. The number of hydrogen-bond acceptors (Lipinski definition) is 4. The van der Waals surface area contributed by atoms with Gasteiger partial charge >= 0.3 is 16.8 Å². The number of nitrogens with zero attached hydrogens (tertiary/aromatic N) is 2. The Morgan fingerprint density at radius 2 is 1.00 bits per heavy atom. The first-order valence-corrected chi connectivity index (χ1v) is 9.11. The smallest absolute Gasteiger partial charge is 0.872 e. The predicted molar refractivity (Wildman–Crippen MR) is 112 cm³/mol. The van der Waals surface area contributed by atoms with Crippen molar-refractivity contribution in [1.29, 1.82) is 0 Å². The van der Waals surface area contributed by atoms with E-state index in [-0.39, 0.29) is 28.3 Å². The normalized spacial score (nSPS) is 11.4. The van der Waals surface area contributed by atoms with E-state index in [9.17, 15) is 10.2 Å². The molecule has 5 heteroatoms. The monoisotopic (exact) mass is 425 g/mol. The van der Waals surface area contributed by atoms with E-state index < -0.39 is 0 Å². The minimum absolute atomic E-state index is 0. The first-order chi connectivity index (χ1) is 13.7. The number of rotatable bonds is 5. The summed E-state index contributed by atoms with van der Waals surface area (Å²) in [5.74, 6) is -0.0876. The molecule has 4 rings (SSSR count). The first kappa shape index (κ1) is 20.6. The fraction of sp³-hybridized carbons (Fsp3) is 0.0833. The summed E-state index contributed by atoms with van der Waals surface area (Å²) >= 11 is 0. The molecule has 4 aromatic carbocycles. The van der Waals surface area contributed by atoms with E-state index in [1.165, 1.54) is 0 Å². The van der Waals surface area contributed by atoms with Gasteiger partial charge in [-0.1, -0.05) is 84.3 Å². The second-order valence-corrected chi connectivity index (χ2v) is 6.47. The second-order valence-electron chi connectivity index (χ2n) is 6.47. The molecule has 0 aliphatic carbocycles. The van der Waals surface area contributed by atoms with Crippen molar-refractivity contribution < 1.29 is 27.0 Å². The topological polar surface area (TPSA) is 70.8 Å². The molecule has 0 saturated heterocycles. The van der Waals surface area contributed by atoms with Crippen molar-refractivity contribution in [3.8, 4) is 11.5 Å². The Kier molecular flexibility index (Phi) is 6.64. The van der Waals surface area contributed by atoms with E-state index in [1.54, 1.807) is 24.6 Å². The van der Waals surface area contributed by atoms with Crippen LogP contribution in [0.5, 0.6) is 11.5 Å². The zero-order valence-electron chi connectivity index (χ0n) is 15.5. The fourth-order valence-electron chi connectivity index (χ4n) is 3.24. The summed E-state index contributed by atoms with van der Waals surface area (Å²) in [6.45, 7) is 0.885. The summed E-state index contributed by atoms with van der Waals surface area (Å²) in [7, 11) is 0. The number of benzene rings is 4. The Bertz CT molecular complexity index is 1110. The van der Waals surface area contributed by atoms with Crippen molar-refractivity contribution in [3.05, 3.63) is 83.9 Å². The van der Waals surface area contributed by atoms with Crippen molar-refractivity contribution in [1.82, 2.24) is 0 Å². The Morgan fingerprint density at radius 1 is 0.586 bits per heavy atom. The van der Waals surface area contributed by atoms with Crippen LogP contribution >= 0.6 is 0 Å². The quantitative estimate of drug-likeness (QED) is 0.362. The second kappa shape index (κ2) is 9.36. The molecule has 4 aromatic rings. The SMILES string of the molecule is [Co+2].[O-]c1ccc2ccccc2c1C=NCCN=Cc1c([O-])ccc2ccccc12. The van der Waals surface area contributed by atoms with Crippen LogP contribution in [-0.2, 0) is 16.8 Å². The molecule has 0 aliphatic rings. The van der Waals surface area contributed by atoms with Gasteiger partial charge in [0.1, 0.15) is 0 Å². The predicted octanol–water partition coefficient (Wildman–Crippen LogP) is 3.68. The number of aliphatic imine (C=N–C) groups is 2. The maximum atomic E-state index is 12.1. The zero-order chi connectivity index (χ0) is 19.3. The van der Waals surface area contributed by atoms with E-state index >= 15 is 0 Å². The molecule has 4 nitrogen and oxygen atoms in total. The van der Waals surface area contributed by atoms with E-state index in [4.69, 9.17) is 0 Å². The van der Waals surface area contributed by atoms with Crippen molar-refractivity contribution >= 4 is 34.0 Å². The van der Waals surface area contributed by atoms with Crippen LogP contribution in [0, 0.1) is 0 Å². The van der Waals surface area contributed by atoms with Crippen LogP contribution < -0.4 is 10.2 Å². The molecule has 145 valence electrons. The van der Waals surface area contributed by atoms with Crippen LogP contribution in [-0.4, -0.2) is 25.5 Å². The molecule has 0 bridgehead atoms. The zero-order valence-corrected chi connectivity index (χ0v) is 16.6. The molecular formula is C24H18CoN2O2. The summed E-state index contributed by atoms with van der Waals surface area (Å²) in [5.41, 5.74) is 1.19. The third kappa shape index (κ3) is 4.47. The molecule has 0 atom stereocenters. The van der Waals surface area contributed by atoms with Crippen LogP contribution in [0.1, 0.15) is 11.1 Å². The molecule has 0 unspecified atom stereocenters. The molecular weight excluding hydrogens is 407 g/mol. The van der Waals surface area contributed by atoms with E-state index in [1.807, 2.05) is 60.7 Å². The molecule has 0 heterocycles. The van der Waals surface area contributed by atoms with Gasteiger partial charge in [-0.3, -0.25) is 9.98 Å². The molecule has 0 amide bonds. The van der Waals surface area contributed by atoms with Crippen molar-refractivity contribution in [3.63, 3.8) is 0 Å². The van der Waals surface area contributed by atoms with Crippen molar-refractivity contribution in [2.75, 3.05) is 13.1 Å².